The standard InChI is InChI=1S/C31H36N4O6S2/c1-3-41-31(38)33-29(37)27-25-15-16-34(19-22-7-5-4-6-8-22)20-26(25)42-30(27)32-28(36)23-9-11-24(12-10-23)43(39,40)35-17-13-21(2)14-18-35/h4-12,21H,3,13-20H2,1-2H3,(H,32,36)(H,33,37,38). The Labute approximate surface area is 256 Å². The lowest BCUT2D eigenvalue weighted by atomic mass is 10.0. The molecule has 2 aliphatic heterocycles. The lowest BCUT2D eigenvalue weighted by molar-refractivity contribution is 0.0924. The minimum atomic E-state index is -3.65. The van der Waals surface area contributed by atoms with Crippen molar-refractivity contribution >= 4 is 44.3 Å². The van der Waals surface area contributed by atoms with Crippen molar-refractivity contribution in [1.29, 1.82) is 0 Å². The monoisotopic (exact) mass is 624 g/mol. The van der Waals surface area contributed by atoms with Crippen molar-refractivity contribution in [3.05, 3.63) is 81.7 Å². The van der Waals surface area contributed by atoms with Crippen LogP contribution in [-0.2, 0) is 34.3 Å². The Morgan fingerprint density at radius 2 is 1.67 bits per heavy atom. The Morgan fingerprint density at radius 3 is 2.35 bits per heavy atom. The summed E-state index contributed by atoms with van der Waals surface area (Å²) in [5, 5.41) is 5.45. The second-order valence-corrected chi connectivity index (χ2v) is 13.9. The lowest BCUT2D eigenvalue weighted by Gasteiger charge is -2.29. The van der Waals surface area contributed by atoms with Crippen molar-refractivity contribution in [3.8, 4) is 0 Å². The molecule has 0 bridgehead atoms. The van der Waals surface area contributed by atoms with Crippen LogP contribution in [0.4, 0.5) is 9.80 Å². The zero-order valence-corrected chi connectivity index (χ0v) is 25.9. The summed E-state index contributed by atoms with van der Waals surface area (Å²) in [6.07, 6.45) is 1.36. The predicted octanol–water partition coefficient (Wildman–Crippen LogP) is 4.87. The van der Waals surface area contributed by atoms with Gasteiger partial charge in [0, 0.05) is 43.2 Å². The highest BCUT2D eigenvalue weighted by atomic mass is 32.2. The van der Waals surface area contributed by atoms with Gasteiger partial charge < -0.3 is 10.1 Å². The number of piperidine rings is 1. The fourth-order valence-electron chi connectivity index (χ4n) is 5.41. The molecule has 1 saturated heterocycles. The molecule has 1 aromatic heterocycles. The number of amides is 3. The third-order valence-electron chi connectivity index (χ3n) is 7.83. The molecule has 228 valence electrons. The Kier molecular flexibility index (Phi) is 9.60. The van der Waals surface area contributed by atoms with Gasteiger partial charge in [0.15, 0.2) is 0 Å². The summed E-state index contributed by atoms with van der Waals surface area (Å²) < 4.78 is 32.6. The second-order valence-electron chi connectivity index (χ2n) is 10.9. The summed E-state index contributed by atoms with van der Waals surface area (Å²) in [4.78, 5) is 42.0. The molecule has 0 atom stereocenters. The van der Waals surface area contributed by atoms with Crippen LogP contribution in [0.5, 0.6) is 0 Å². The summed E-state index contributed by atoms with van der Waals surface area (Å²) in [6, 6.07) is 15.9. The van der Waals surface area contributed by atoms with E-state index < -0.39 is 27.9 Å². The SMILES string of the molecule is CCOC(=O)NC(=O)c1c(NC(=O)c2ccc(S(=O)(=O)N3CCC(C)CC3)cc2)sc2c1CCN(Cc1ccccc1)C2. The summed E-state index contributed by atoms with van der Waals surface area (Å²) in [5.74, 6) is -0.627. The van der Waals surface area contributed by atoms with Crippen LogP contribution in [-0.4, -0.2) is 61.8 Å². The van der Waals surface area contributed by atoms with Gasteiger partial charge in [0.05, 0.1) is 17.1 Å². The maximum absolute atomic E-state index is 13.3. The number of carbonyl (C=O) groups is 3. The van der Waals surface area contributed by atoms with Crippen LogP contribution in [0.25, 0.3) is 0 Å². The van der Waals surface area contributed by atoms with Crippen molar-refractivity contribution in [2.45, 2.75) is 51.1 Å². The van der Waals surface area contributed by atoms with E-state index >= 15 is 0 Å². The fraction of sp³-hybridized carbons (Fsp3) is 0.387. The number of benzene rings is 2. The highest BCUT2D eigenvalue weighted by Crippen LogP contribution is 2.38. The van der Waals surface area contributed by atoms with Crippen molar-refractivity contribution in [1.82, 2.24) is 14.5 Å². The molecule has 3 aromatic rings. The number of nitrogens with zero attached hydrogens (tertiary/aromatic N) is 2. The number of hydrogen-bond donors (Lipinski definition) is 2. The third-order valence-corrected chi connectivity index (χ3v) is 10.9. The smallest absolute Gasteiger partial charge is 0.414 e. The maximum atomic E-state index is 13.3. The summed E-state index contributed by atoms with van der Waals surface area (Å²) in [5.41, 5.74) is 2.47. The van der Waals surface area contributed by atoms with Crippen LogP contribution in [0.15, 0.2) is 59.5 Å². The summed E-state index contributed by atoms with van der Waals surface area (Å²) >= 11 is 1.31. The topological polar surface area (TPSA) is 125 Å². The number of alkyl carbamates (subject to hydrolysis) is 1. The summed E-state index contributed by atoms with van der Waals surface area (Å²) in [7, 11) is -3.65. The zero-order chi connectivity index (χ0) is 30.6. The van der Waals surface area contributed by atoms with Gasteiger partial charge in [0.25, 0.3) is 11.8 Å². The molecule has 0 saturated carbocycles. The zero-order valence-electron chi connectivity index (χ0n) is 24.3. The van der Waals surface area contributed by atoms with E-state index in [-0.39, 0.29) is 22.6 Å². The summed E-state index contributed by atoms with van der Waals surface area (Å²) in [6.45, 7) is 6.88. The van der Waals surface area contributed by atoms with Crippen molar-refractivity contribution in [2.24, 2.45) is 5.92 Å². The number of hydrogen-bond acceptors (Lipinski definition) is 8. The number of ether oxygens (including phenoxy) is 1. The Balaban J connectivity index is 1.36. The van der Waals surface area contributed by atoms with E-state index in [0.717, 1.165) is 29.8 Å². The van der Waals surface area contributed by atoms with Crippen LogP contribution in [0.2, 0.25) is 0 Å². The maximum Gasteiger partial charge on any atom is 0.414 e. The van der Waals surface area contributed by atoms with E-state index in [2.05, 4.69) is 34.6 Å². The predicted molar refractivity (Wildman–Crippen MR) is 165 cm³/mol. The number of fused-ring (bicyclic) bond motifs is 1. The molecule has 0 spiro atoms. The lowest BCUT2D eigenvalue weighted by Crippen LogP contribution is -2.37. The number of carbonyl (C=O) groups excluding carboxylic acids is 3. The van der Waals surface area contributed by atoms with Gasteiger partial charge in [-0.25, -0.2) is 13.2 Å². The van der Waals surface area contributed by atoms with E-state index in [4.69, 9.17) is 4.74 Å². The number of anilines is 1. The van der Waals surface area contributed by atoms with E-state index in [1.54, 1.807) is 6.92 Å². The molecule has 2 aliphatic rings. The van der Waals surface area contributed by atoms with Gasteiger partial charge in [0.2, 0.25) is 10.0 Å². The highest BCUT2D eigenvalue weighted by molar-refractivity contribution is 7.89. The first-order valence-corrected chi connectivity index (χ1v) is 16.7. The van der Waals surface area contributed by atoms with Crippen molar-refractivity contribution in [3.63, 3.8) is 0 Å². The first-order valence-electron chi connectivity index (χ1n) is 14.5. The van der Waals surface area contributed by atoms with Crippen LogP contribution in [0, 0.1) is 5.92 Å². The average molecular weight is 625 g/mol. The van der Waals surface area contributed by atoms with E-state index in [9.17, 15) is 22.8 Å². The molecule has 1 fully saturated rings. The van der Waals surface area contributed by atoms with Crippen molar-refractivity contribution < 1.29 is 27.5 Å². The van der Waals surface area contributed by atoms with E-state index in [0.29, 0.717) is 43.5 Å². The number of thiophene rings is 1. The average Bonchev–Trinajstić information content (AvgIpc) is 3.35. The molecule has 12 heteroatoms. The van der Waals surface area contributed by atoms with Crippen LogP contribution in [0.3, 0.4) is 0 Å². The van der Waals surface area contributed by atoms with Gasteiger partial charge in [-0.05, 0) is 67.5 Å². The van der Waals surface area contributed by atoms with E-state index in [1.165, 1.54) is 45.5 Å². The second kappa shape index (κ2) is 13.4. The molecular weight excluding hydrogens is 588 g/mol. The number of rotatable bonds is 8. The number of nitrogens with one attached hydrogen (secondary N) is 2. The molecule has 0 radical (unpaired) electrons. The Hall–Kier alpha value is -3.58. The molecule has 3 amide bonds. The van der Waals surface area contributed by atoms with Crippen LogP contribution in [0.1, 0.15) is 63.4 Å². The van der Waals surface area contributed by atoms with Gasteiger partial charge >= 0.3 is 6.09 Å². The quantitative estimate of drug-likeness (QED) is 0.367. The Bertz CT molecular complexity index is 1580. The molecule has 2 aromatic carbocycles. The van der Waals surface area contributed by atoms with Gasteiger partial charge in [0.1, 0.15) is 5.00 Å². The largest absolute Gasteiger partial charge is 0.450 e. The molecule has 5 rings (SSSR count). The van der Waals surface area contributed by atoms with Crippen molar-refractivity contribution in [2.75, 3.05) is 31.6 Å². The van der Waals surface area contributed by atoms with Gasteiger partial charge in [-0.2, -0.15) is 4.31 Å². The molecule has 10 nitrogen and oxygen atoms in total. The molecule has 3 heterocycles. The Morgan fingerprint density at radius 1 is 0.977 bits per heavy atom. The van der Waals surface area contributed by atoms with Gasteiger partial charge in [-0.15, -0.1) is 11.3 Å². The molecule has 43 heavy (non-hydrogen) atoms. The van der Waals surface area contributed by atoms with Crippen LogP contribution < -0.4 is 10.6 Å². The number of imide groups is 1. The van der Waals surface area contributed by atoms with E-state index in [1.807, 2.05) is 18.2 Å². The third kappa shape index (κ3) is 7.15. The minimum Gasteiger partial charge on any atom is -0.450 e. The molecule has 0 unspecified atom stereocenters. The molecule has 0 aliphatic carbocycles. The first kappa shape index (κ1) is 30.9. The first-order chi connectivity index (χ1) is 20.7. The highest BCUT2D eigenvalue weighted by Gasteiger charge is 2.31. The molecular formula is C31H36N4O6S2. The van der Waals surface area contributed by atoms with Gasteiger partial charge in [-0.1, -0.05) is 37.3 Å². The minimum absolute atomic E-state index is 0.113. The normalized spacial score (nSPS) is 16.3. The fourth-order valence-corrected chi connectivity index (χ4v) is 8.16. The molecule has 2 N–H and O–H groups in total. The number of sulfonamides is 1. The van der Waals surface area contributed by atoms with Crippen LogP contribution >= 0.6 is 11.3 Å². The van der Waals surface area contributed by atoms with Gasteiger partial charge in [-0.3, -0.25) is 19.8 Å².